The van der Waals surface area contributed by atoms with Crippen LogP contribution < -0.4 is 4.90 Å². The van der Waals surface area contributed by atoms with Gasteiger partial charge in [-0.25, -0.2) is 4.39 Å². The summed E-state index contributed by atoms with van der Waals surface area (Å²) >= 11 is 2.25. The predicted octanol–water partition coefficient (Wildman–Crippen LogP) is 5.81. The average molecular weight is 434 g/mol. The third-order valence-corrected chi connectivity index (χ3v) is 5.23. The van der Waals surface area contributed by atoms with Crippen LogP contribution in [0.3, 0.4) is 0 Å². The molecular formula is C20H20FIN2. The van der Waals surface area contributed by atoms with Gasteiger partial charge in [-0.05, 0) is 85.3 Å². The smallest absolute Gasteiger partial charge is 0.134 e. The fourth-order valence-corrected chi connectivity index (χ4v) is 3.32. The zero-order chi connectivity index (χ0) is 17.5. The van der Waals surface area contributed by atoms with Gasteiger partial charge in [0.05, 0.1) is 11.2 Å². The third-order valence-electron chi connectivity index (χ3n) is 4.51. The van der Waals surface area contributed by atoms with Crippen molar-refractivity contribution in [2.75, 3.05) is 11.9 Å². The number of rotatable bonds is 2. The average Bonchev–Trinajstić information content (AvgIpc) is 2.52. The first-order chi connectivity index (χ1) is 11.3. The van der Waals surface area contributed by atoms with E-state index in [0.29, 0.717) is 5.56 Å². The van der Waals surface area contributed by atoms with E-state index in [1.807, 2.05) is 37.4 Å². The Morgan fingerprint density at radius 3 is 2.50 bits per heavy atom. The van der Waals surface area contributed by atoms with Crippen molar-refractivity contribution in [3.8, 4) is 0 Å². The Labute approximate surface area is 156 Å². The van der Waals surface area contributed by atoms with Gasteiger partial charge in [0.15, 0.2) is 0 Å². The normalized spacial score (nSPS) is 16.2. The lowest BCUT2D eigenvalue weighted by atomic mass is 9.88. The van der Waals surface area contributed by atoms with Crippen LogP contribution >= 0.6 is 22.6 Å². The highest BCUT2D eigenvalue weighted by atomic mass is 127. The van der Waals surface area contributed by atoms with Crippen molar-refractivity contribution in [1.29, 1.82) is 0 Å². The van der Waals surface area contributed by atoms with E-state index >= 15 is 0 Å². The number of fused-ring (bicyclic) bond motifs is 1. The van der Waals surface area contributed by atoms with Gasteiger partial charge in [0.1, 0.15) is 5.82 Å². The number of hydrogen-bond donors (Lipinski definition) is 0. The Kier molecular flexibility index (Phi) is 4.51. The second kappa shape index (κ2) is 6.31. The summed E-state index contributed by atoms with van der Waals surface area (Å²) in [5.74, 6) is -0.250. The van der Waals surface area contributed by atoms with Gasteiger partial charge in [0, 0.05) is 33.6 Å². The zero-order valence-electron chi connectivity index (χ0n) is 14.3. The van der Waals surface area contributed by atoms with Crippen LogP contribution in [-0.4, -0.2) is 18.8 Å². The molecule has 124 valence electrons. The van der Waals surface area contributed by atoms with E-state index in [1.54, 1.807) is 12.3 Å². The van der Waals surface area contributed by atoms with Gasteiger partial charge in [-0.1, -0.05) is 6.08 Å². The molecule has 1 aliphatic heterocycles. The summed E-state index contributed by atoms with van der Waals surface area (Å²) in [4.78, 5) is 6.51. The largest absolute Gasteiger partial charge is 0.365 e. The van der Waals surface area contributed by atoms with Gasteiger partial charge in [0.2, 0.25) is 0 Å². The van der Waals surface area contributed by atoms with Gasteiger partial charge in [-0.3, -0.25) is 4.99 Å². The Bertz CT molecular complexity index is 835. The molecule has 1 heterocycles. The first-order valence-corrected chi connectivity index (χ1v) is 8.93. The molecule has 2 aromatic rings. The van der Waals surface area contributed by atoms with Crippen molar-refractivity contribution >= 4 is 45.8 Å². The topological polar surface area (TPSA) is 15.6 Å². The zero-order valence-corrected chi connectivity index (χ0v) is 16.4. The van der Waals surface area contributed by atoms with Crippen LogP contribution in [0.15, 0.2) is 47.5 Å². The van der Waals surface area contributed by atoms with Gasteiger partial charge in [-0.2, -0.15) is 0 Å². The Hall–Kier alpha value is -1.69. The molecule has 0 fully saturated rings. The summed E-state index contributed by atoms with van der Waals surface area (Å²) in [6.07, 6.45) is 3.82. The molecule has 0 spiro atoms. The molecule has 0 saturated carbocycles. The summed E-state index contributed by atoms with van der Waals surface area (Å²) in [5.41, 5.74) is 4.34. The maximum absolute atomic E-state index is 14.6. The van der Waals surface area contributed by atoms with Crippen molar-refractivity contribution in [3.05, 3.63) is 63.0 Å². The minimum absolute atomic E-state index is 0.125. The minimum Gasteiger partial charge on any atom is -0.365 e. The third kappa shape index (κ3) is 3.24. The first kappa shape index (κ1) is 17.1. The van der Waals surface area contributed by atoms with Crippen LogP contribution in [0.2, 0.25) is 0 Å². The van der Waals surface area contributed by atoms with Crippen LogP contribution in [0.25, 0.3) is 5.57 Å². The molecule has 0 saturated heterocycles. The number of aliphatic imine (C=N–C) groups is 1. The molecule has 0 N–H and O–H groups in total. The standard InChI is InChI=1S/C20H20FIN2/c1-13-11-20(2,3)24(4)19-10-18(21)14(9-17(13)19)12-23-16-7-5-15(22)6-8-16/h5-12H,1-4H3. The van der Waals surface area contributed by atoms with Crippen molar-refractivity contribution in [1.82, 2.24) is 0 Å². The summed E-state index contributed by atoms with van der Waals surface area (Å²) in [7, 11) is 2.00. The molecule has 0 aliphatic carbocycles. The van der Waals surface area contributed by atoms with E-state index in [4.69, 9.17) is 0 Å². The molecule has 0 bridgehead atoms. The number of anilines is 1. The van der Waals surface area contributed by atoms with E-state index in [2.05, 4.69) is 59.3 Å². The highest BCUT2D eigenvalue weighted by Gasteiger charge is 2.29. The molecule has 0 atom stereocenters. The molecule has 0 amide bonds. The maximum atomic E-state index is 14.6. The van der Waals surface area contributed by atoms with E-state index in [-0.39, 0.29) is 11.4 Å². The summed E-state index contributed by atoms with van der Waals surface area (Å²) in [6, 6.07) is 11.3. The predicted molar refractivity (Wildman–Crippen MR) is 109 cm³/mol. The van der Waals surface area contributed by atoms with Crippen LogP contribution in [-0.2, 0) is 0 Å². The van der Waals surface area contributed by atoms with Gasteiger partial charge in [0.25, 0.3) is 0 Å². The molecular weight excluding hydrogens is 414 g/mol. The van der Waals surface area contributed by atoms with E-state index in [1.165, 1.54) is 0 Å². The first-order valence-electron chi connectivity index (χ1n) is 7.85. The summed E-state index contributed by atoms with van der Waals surface area (Å²) in [5, 5.41) is 0. The maximum Gasteiger partial charge on any atom is 0.134 e. The number of likely N-dealkylation sites (N-methyl/N-ethyl adjacent to an activating group) is 1. The molecule has 24 heavy (non-hydrogen) atoms. The van der Waals surface area contributed by atoms with Crippen molar-refractivity contribution < 1.29 is 4.39 Å². The highest BCUT2D eigenvalue weighted by Crippen LogP contribution is 2.38. The van der Waals surface area contributed by atoms with E-state index < -0.39 is 0 Å². The summed E-state index contributed by atoms with van der Waals surface area (Å²) in [6.45, 7) is 6.33. The van der Waals surface area contributed by atoms with Crippen LogP contribution in [0.5, 0.6) is 0 Å². The van der Waals surface area contributed by atoms with E-state index in [9.17, 15) is 4.39 Å². The Morgan fingerprint density at radius 2 is 1.83 bits per heavy atom. The van der Waals surface area contributed by atoms with Crippen molar-refractivity contribution in [2.24, 2.45) is 4.99 Å². The lowest BCUT2D eigenvalue weighted by molar-refractivity contribution is 0.589. The Morgan fingerprint density at radius 1 is 1.17 bits per heavy atom. The molecule has 3 rings (SSSR count). The second-order valence-corrected chi connectivity index (χ2v) is 7.91. The fourth-order valence-electron chi connectivity index (χ4n) is 2.96. The van der Waals surface area contributed by atoms with Crippen LogP contribution in [0.4, 0.5) is 15.8 Å². The number of hydrogen-bond acceptors (Lipinski definition) is 2. The van der Waals surface area contributed by atoms with Gasteiger partial charge in [-0.15, -0.1) is 0 Å². The molecule has 0 aromatic heterocycles. The van der Waals surface area contributed by atoms with Gasteiger partial charge >= 0.3 is 0 Å². The van der Waals surface area contributed by atoms with Crippen LogP contribution in [0.1, 0.15) is 31.9 Å². The van der Waals surface area contributed by atoms with Crippen molar-refractivity contribution in [2.45, 2.75) is 26.3 Å². The SMILES string of the molecule is CC1=CC(C)(C)N(C)c2cc(F)c(C=Nc3ccc(I)cc3)cc21. The fraction of sp³-hybridized carbons (Fsp3) is 0.250. The molecule has 4 heteroatoms. The van der Waals surface area contributed by atoms with Crippen LogP contribution in [0, 0.1) is 9.39 Å². The lowest BCUT2D eigenvalue weighted by Crippen LogP contribution is -2.42. The van der Waals surface area contributed by atoms with Crippen molar-refractivity contribution in [3.63, 3.8) is 0 Å². The minimum atomic E-state index is -0.250. The summed E-state index contributed by atoms with van der Waals surface area (Å²) < 4.78 is 15.7. The number of allylic oxidation sites excluding steroid dienone is 1. The lowest BCUT2D eigenvalue weighted by Gasteiger charge is -2.40. The molecule has 1 aliphatic rings. The monoisotopic (exact) mass is 434 g/mol. The second-order valence-electron chi connectivity index (χ2n) is 6.67. The van der Waals surface area contributed by atoms with E-state index in [0.717, 1.165) is 26.1 Å². The highest BCUT2D eigenvalue weighted by molar-refractivity contribution is 14.1. The molecule has 2 aromatic carbocycles. The number of benzene rings is 2. The number of nitrogens with zero attached hydrogens (tertiary/aromatic N) is 2. The molecule has 0 unspecified atom stereocenters. The molecule has 0 radical (unpaired) electrons. The number of halogens is 2. The van der Waals surface area contributed by atoms with Gasteiger partial charge < -0.3 is 4.90 Å². The Balaban J connectivity index is 2.00. The molecule has 2 nitrogen and oxygen atoms in total. The quantitative estimate of drug-likeness (QED) is 0.430.